The van der Waals surface area contributed by atoms with Gasteiger partial charge in [-0.1, -0.05) is 12.1 Å². The van der Waals surface area contributed by atoms with Crippen LogP contribution < -0.4 is 16.4 Å². The molecule has 0 aliphatic carbocycles. The Balaban J connectivity index is 2.25. The number of ether oxygens (including phenoxy) is 1. The van der Waals surface area contributed by atoms with Crippen LogP contribution in [0.1, 0.15) is 15.9 Å². The van der Waals surface area contributed by atoms with E-state index >= 15 is 0 Å². The summed E-state index contributed by atoms with van der Waals surface area (Å²) in [4.78, 5) is 32.6. The number of primary amides is 1. The van der Waals surface area contributed by atoms with Crippen molar-refractivity contribution in [2.45, 2.75) is 6.54 Å². The van der Waals surface area contributed by atoms with E-state index in [9.17, 15) is 14.4 Å². The van der Waals surface area contributed by atoms with Gasteiger partial charge in [-0.3, -0.25) is 4.79 Å². The number of carboxylic acids is 1. The molecule has 3 amide bonds. The Kier molecular flexibility index (Phi) is 6.69. The van der Waals surface area contributed by atoms with Crippen molar-refractivity contribution in [3.63, 3.8) is 0 Å². The Morgan fingerprint density at radius 3 is 2.67 bits per heavy atom. The predicted molar refractivity (Wildman–Crippen MR) is 73.7 cm³/mol. The van der Waals surface area contributed by atoms with Crippen molar-refractivity contribution in [1.29, 1.82) is 0 Å². The topological polar surface area (TPSA) is 131 Å². The van der Waals surface area contributed by atoms with Gasteiger partial charge in [-0.15, -0.1) is 0 Å². The first-order chi connectivity index (χ1) is 9.99. The van der Waals surface area contributed by atoms with Gasteiger partial charge in [0.15, 0.2) is 0 Å². The lowest BCUT2D eigenvalue weighted by Crippen LogP contribution is -2.37. The highest BCUT2D eigenvalue weighted by atomic mass is 16.5. The van der Waals surface area contributed by atoms with E-state index in [0.717, 1.165) is 0 Å². The third-order valence-corrected chi connectivity index (χ3v) is 2.40. The Labute approximate surface area is 121 Å². The lowest BCUT2D eigenvalue weighted by molar-refractivity contribution is -0.122. The van der Waals surface area contributed by atoms with Gasteiger partial charge >= 0.3 is 12.0 Å². The fourth-order valence-electron chi connectivity index (χ4n) is 1.47. The maximum Gasteiger partial charge on any atom is 0.335 e. The summed E-state index contributed by atoms with van der Waals surface area (Å²) in [5.74, 6) is -1.59. The zero-order valence-electron chi connectivity index (χ0n) is 11.3. The van der Waals surface area contributed by atoms with Crippen molar-refractivity contribution in [2.24, 2.45) is 5.73 Å². The van der Waals surface area contributed by atoms with Gasteiger partial charge in [0.25, 0.3) is 0 Å². The molecular weight excluding hydrogens is 278 g/mol. The van der Waals surface area contributed by atoms with Gasteiger partial charge in [0.1, 0.15) is 6.61 Å². The molecule has 0 bridgehead atoms. The van der Waals surface area contributed by atoms with Crippen molar-refractivity contribution in [3.05, 3.63) is 35.4 Å². The minimum atomic E-state index is -1.02. The van der Waals surface area contributed by atoms with Crippen LogP contribution in [-0.4, -0.2) is 42.8 Å². The first-order valence-corrected chi connectivity index (χ1v) is 6.19. The first kappa shape index (κ1) is 16.4. The molecule has 114 valence electrons. The van der Waals surface area contributed by atoms with Crippen LogP contribution in [0.3, 0.4) is 0 Å². The van der Waals surface area contributed by atoms with Gasteiger partial charge in [0.2, 0.25) is 5.91 Å². The van der Waals surface area contributed by atoms with Crippen molar-refractivity contribution >= 4 is 17.9 Å². The molecule has 8 heteroatoms. The van der Waals surface area contributed by atoms with E-state index in [2.05, 4.69) is 10.6 Å². The first-order valence-electron chi connectivity index (χ1n) is 6.19. The molecule has 1 aromatic rings. The highest BCUT2D eigenvalue weighted by Crippen LogP contribution is 2.04. The molecule has 0 aliphatic rings. The number of carbonyl (C=O) groups excluding carboxylic acids is 2. The molecule has 0 saturated heterocycles. The molecule has 0 radical (unpaired) electrons. The predicted octanol–water partition coefficient (Wildman–Crippen LogP) is -0.314. The van der Waals surface area contributed by atoms with Gasteiger partial charge < -0.3 is 26.2 Å². The molecule has 21 heavy (non-hydrogen) atoms. The zero-order chi connectivity index (χ0) is 15.7. The summed E-state index contributed by atoms with van der Waals surface area (Å²) >= 11 is 0. The molecule has 0 atom stereocenters. The van der Waals surface area contributed by atoms with Crippen molar-refractivity contribution in [2.75, 3.05) is 19.8 Å². The molecule has 0 aliphatic heterocycles. The largest absolute Gasteiger partial charge is 0.478 e. The number of rotatable bonds is 8. The maximum atomic E-state index is 11.4. The number of urea groups is 1. The number of nitrogens with one attached hydrogen (secondary N) is 2. The van der Waals surface area contributed by atoms with E-state index in [1.165, 1.54) is 12.1 Å². The number of carbonyl (C=O) groups is 3. The van der Waals surface area contributed by atoms with Crippen molar-refractivity contribution in [3.8, 4) is 0 Å². The van der Waals surface area contributed by atoms with E-state index < -0.39 is 17.9 Å². The highest BCUT2D eigenvalue weighted by molar-refractivity contribution is 5.87. The molecule has 0 heterocycles. The molecule has 0 aromatic heterocycles. The third-order valence-electron chi connectivity index (χ3n) is 2.40. The highest BCUT2D eigenvalue weighted by Gasteiger charge is 2.04. The summed E-state index contributed by atoms with van der Waals surface area (Å²) in [7, 11) is 0. The quantitative estimate of drug-likeness (QED) is 0.488. The van der Waals surface area contributed by atoms with Gasteiger partial charge in [0.05, 0.1) is 12.2 Å². The molecular formula is C13H17N3O5. The number of amides is 3. The Hall–Kier alpha value is -2.61. The number of carboxylic acid groups (broad SMARTS) is 1. The summed E-state index contributed by atoms with van der Waals surface area (Å²) in [5.41, 5.74) is 5.71. The molecule has 8 nitrogen and oxygen atoms in total. The summed E-state index contributed by atoms with van der Waals surface area (Å²) < 4.78 is 4.87. The van der Waals surface area contributed by atoms with Crippen LogP contribution in [-0.2, 0) is 16.1 Å². The average Bonchev–Trinajstić information content (AvgIpc) is 2.44. The zero-order valence-corrected chi connectivity index (χ0v) is 11.3. The Morgan fingerprint density at radius 1 is 1.24 bits per heavy atom. The fourth-order valence-corrected chi connectivity index (χ4v) is 1.47. The lowest BCUT2D eigenvalue weighted by Gasteiger charge is -2.08. The molecule has 0 saturated carbocycles. The molecule has 1 aromatic carbocycles. The van der Waals surface area contributed by atoms with E-state index in [4.69, 9.17) is 15.6 Å². The van der Waals surface area contributed by atoms with Crippen molar-refractivity contribution < 1.29 is 24.2 Å². The molecule has 0 spiro atoms. The SMILES string of the molecule is NC(=O)COCCNC(=O)NCc1cccc(C(=O)O)c1. The van der Waals surface area contributed by atoms with Crippen LogP contribution in [0.4, 0.5) is 4.79 Å². The van der Waals surface area contributed by atoms with Gasteiger partial charge in [-0.2, -0.15) is 0 Å². The third kappa shape index (κ3) is 6.92. The number of hydrogen-bond acceptors (Lipinski definition) is 4. The molecule has 0 fully saturated rings. The van der Waals surface area contributed by atoms with E-state index in [0.29, 0.717) is 5.56 Å². The Morgan fingerprint density at radius 2 is 2.00 bits per heavy atom. The standard InChI is InChI=1S/C13H17N3O5/c14-11(17)8-21-5-4-15-13(20)16-7-9-2-1-3-10(6-9)12(18)19/h1-3,6H,4-5,7-8H2,(H2,14,17)(H,18,19)(H2,15,16,20). The lowest BCUT2D eigenvalue weighted by atomic mass is 10.1. The van der Waals surface area contributed by atoms with Crippen LogP contribution in [0.5, 0.6) is 0 Å². The van der Waals surface area contributed by atoms with Gasteiger partial charge in [0, 0.05) is 13.1 Å². The van der Waals surface area contributed by atoms with Crippen LogP contribution in [0.15, 0.2) is 24.3 Å². The minimum absolute atomic E-state index is 0.162. The molecule has 0 unspecified atom stereocenters. The van der Waals surface area contributed by atoms with Gasteiger partial charge in [-0.25, -0.2) is 9.59 Å². The fraction of sp³-hybridized carbons (Fsp3) is 0.308. The minimum Gasteiger partial charge on any atom is -0.478 e. The number of hydrogen-bond donors (Lipinski definition) is 4. The summed E-state index contributed by atoms with van der Waals surface area (Å²) in [5, 5.41) is 13.9. The second-order valence-corrected chi connectivity index (χ2v) is 4.13. The van der Waals surface area contributed by atoms with Crippen LogP contribution in [0.2, 0.25) is 0 Å². The van der Waals surface area contributed by atoms with Crippen molar-refractivity contribution in [1.82, 2.24) is 10.6 Å². The normalized spacial score (nSPS) is 9.90. The smallest absolute Gasteiger partial charge is 0.335 e. The number of aromatic carboxylic acids is 1. The van der Waals surface area contributed by atoms with E-state index in [1.807, 2.05) is 0 Å². The van der Waals surface area contributed by atoms with Crippen LogP contribution in [0.25, 0.3) is 0 Å². The summed E-state index contributed by atoms with van der Waals surface area (Å²) in [6.07, 6.45) is 0. The number of benzene rings is 1. The second-order valence-electron chi connectivity index (χ2n) is 4.13. The number of nitrogens with two attached hydrogens (primary N) is 1. The van der Waals surface area contributed by atoms with Crippen LogP contribution >= 0.6 is 0 Å². The summed E-state index contributed by atoms with van der Waals surface area (Å²) in [6.45, 7) is 0.416. The Bertz CT molecular complexity index is 518. The maximum absolute atomic E-state index is 11.4. The van der Waals surface area contributed by atoms with E-state index in [-0.39, 0.29) is 31.9 Å². The average molecular weight is 295 g/mol. The van der Waals surface area contributed by atoms with Crippen LogP contribution in [0, 0.1) is 0 Å². The van der Waals surface area contributed by atoms with E-state index in [1.54, 1.807) is 12.1 Å². The molecule has 1 rings (SSSR count). The monoisotopic (exact) mass is 295 g/mol. The summed E-state index contributed by atoms with van der Waals surface area (Å²) in [6, 6.07) is 5.86. The second kappa shape index (κ2) is 8.54. The molecule has 5 N–H and O–H groups in total. The van der Waals surface area contributed by atoms with Gasteiger partial charge in [-0.05, 0) is 17.7 Å².